The highest BCUT2D eigenvalue weighted by Crippen LogP contribution is 2.56. The van der Waals surface area contributed by atoms with Crippen molar-refractivity contribution in [2.24, 2.45) is 0 Å². The molecule has 1 heterocycles. The van der Waals surface area contributed by atoms with E-state index in [9.17, 15) is 34.3 Å². The van der Waals surface area contributed by atoms with Crippen molar-refractivity contribution in [3.05, 3.63) is 228 Å². The summed E-state index contributed by atoms with van der Waals surface area (Å²) in [6, 6.07) is -48.4. The first kappa shape index (κ1) is 12.0. The van der Waals surface area contributed by atoms with Gasteiger partial charge in [0.15, 0.2) is 0 Å². The van der Waals surface area contributed by atoms with Crippen LogP contribution in [0.5, 0.6) is 0 Å². The van der Waals surface area contributed by atoms with E-state index in [-0.39, 0.29) is 9.80 Å². The van der Waals surface area contributed by atoms with Crippen LogP contribution in [0.2, 0.25) is 0 Å². The highest BCUT2D eigenvalue weighted by Gasteiger charge is 2.39. The molecule has 288 valence electrons. The van der Waals surface area contributed by atoms with E-state index in [0.717, 1.165) is 0 Å². The van der Waals surface area contributed by atoms with Gasteiger partial charge in [-0.3, -0.25) is 0 Å². The van der Waals surface area contributed by atoms with Gasteiger partial charge in [0.1, 0.15) is 0 Å². The Labute approximate surface area is 418 Å². The average Bonchev–Trinajstić information content (AvgIpc) is 1.07. The Balaban J connectivity index is 1.43. The zero-order chi connectivity index (χ0) is 80.2. The van der Waals surface area contributed by atoms with Crippen molar-refractivity contribution in [1.82, 2.24) is 0 Å². The molecule has 0 radical (unpaired) electrons. The number of anilines is 6. The highest BCUT2D eigenvalue weighted by atomic mass is 15.2. The largest absolute Gasteiger partial charge is 0.310 e. The summed E-state index contributed by atoms with van der Waals surface area (Å²) in [4.78, 5) is 0.182. The van der Waals surface area contributed by atoms with Crippen molar-refractivity contribution in [3.8, 4) is 33.4 Å². The number of nitrogens with zero attached hydrogens (tertiary/aromatic N) is 2. The predicted octanol–water partition coefficient (Wildman–Crippen LogP) is 16.1. The lowest BCUT2D eigenvalue weighted by Crippen LogP contribution is -2.31. The Morgan fingerprint density at radius 3 is 1.83 bits per heavy atom. The second kappa shape index (κ2) is 13.7. The minimum absolute atomic E-state index is 0.0186. The number of benzene rings is 9. The first-order chi connectivity index (χ1) is 48.5. The van der Waals surface area contributed by atoms with Crippen molar-refractivity contribution in [2.75, 3.05) is 9.80 Å². The molecule has 1 aliphatic heterocycles. The molecule has 11 rings (SSSR count). The molecule has 0 spiro atoms. The molecule has 2 aliphatic rings. The Morgan fingerprint density at radius 2 is 1.00 bits per heavy atom. The van der Waals surface area contributed by atoms with E-state index in [1.54, 1.807) is 0 Å². The number of hydrogen-bond donors (Lipinski definition) is 0. The lowest BCUT2D eigenvalue weighted by atomic mass is 9.72. The number of hydrogen-bond acceptors (Lipinski definition) is 2. The third-order valence-corrected chi connectivity index (χ3v) is 9.61. The van der Waals surface area contributed by atoms with Crippen LogP contribution in [-0.2, 0) is 10.8 Å². The summed E-state index contributed by atoms with van der Waals surface area (Å²) in [5, 5.41) is -2.20. The molecule has 0 N–H and O–H groups in total. The van der Waals surface area contributed by atoms with Crippen LogP contribution in [0.15, 0.2) is 205 Å². The molecular weight excluding hydrogens is 725 g/mol. The quantitative estimate of drug-likeness (QED) is 0.165. The van der Waals surface area contributed by atoms with Crippen LogP contribution in [0.3, 0.4) is 0 Å². The van der Waals surface area contributed by atoms with E-state index in [2.05, 4.69) is 0 Å². The summed E-state index contributed by atoms with van der Waals surface area (Å²) in [5.41, 5.74) is -31.4. The summed E-state index contributed by atoms with van der Waals surface area (Å²) < 4.78 is 427. The minimum Gasteiger partial charge on any atom is -0.310 e. The van der Waals surface area contributed by atoms with E-state index < -0.39 is 344 Å². The second-order valence-corrected chi connectivity index (χ2v) is 13.0. The van der Waals surface area contributed by atoms with Gasteiger partial charge >= 0.3 is 0 Å². The van der Waals surface area contributed by atoms with Crippen LogP contribution in [0.25, 0.3) is 44.2 Å². The molecule has 0 fully saturated rings. The average molecular weight is 817 g/mol. The maximum absolute atomic E-state index is 10.5. The fraction of sp³-hybridized carbons (Fsp3) is 0.103. The molecule has 0 saturated heterocycles. The number of fused-ring (bicyclic) bond motifs is 6. The van der Waals surface area contributed by atoms with Gasteiger partial charge in [-0.25, -0.2) is 0 Å². The maximum Gasteiger partial charge on any atom is 0.0651 e. The van der Waals surface area contributed by atoms with Crippen molar-refractivity contribution in [3.63, 3.8) is 0 Å². The van der Waals surface area contributed by atoms with Crippen LogP contribution in [0.1, 0.15) is 113 Å². The maximum atomic E-state index is 10.5. The number of para-hydroxylation sites is 2. The molecule has 9 aromatic rings. The van der Waals surface area contributed by atoms with Crippen LogP contribution in [0.4, 0.5) is 34.1 Å². The monoisotopic (exact) mass is 817 g/mol. The zero-order valence-corrected chi connectivity index (χ0v) is 29.9. The van der Waals surface area contributed by atoms with E-state index in [4.69, 9.17) is 28.8 Å². The fourth-order valence-electron chi connectivity index (χ4n) is 6.99. The van der Waals surface area contributed by atoms with Crippen molar-refractivity contribution < 1.29 is 63.1 Å². The van der Waals surface area contributed by atoms with Crippen molar-refractivity contribution >= 4 is 44.9 Å². The van der Waals surface area contributed by atoms with E-state index in [0.29, 0.717) is 0 Å². The predicted molar refractivity (Wildman–Crippen MR) is 254 cm³/mol. The van der Waals surface area contributed by atoms with Gasteiger partial charge in [0.2, 0.25) is 0 Å². The topological polar surface area (TPSA) is 6.48 Å². The zero-order valence-electron chi connectivity index (χ0n) is 75.9. The Hall–Kier alpha value is -7.16. The molecule has 9 aromatic carbocycles. The molecule has 2 heteroatoms. The third kappa shape index (κ3) is 5.55. The van der Waals surface area contributed by atoms with Gasteiger partial charge in [0.05, 0.1) is 63.7 Å². The highest BCUT2D eigenvalue weighted by molar-refractivity contribution is 6.07. The molecule has 2 nitrogen and oxygen atoms in total. The molecule has 1 aliphatic carbocycles. The van der Waals surface area contributed by atoms with Crippen molar-refractivity contribution in [1.29, 1.82) is 0 Å². The molecule has 0 unspecified atom stereocenters. The van der Waals surface area contributed by atoms with Crippen molar-refractivity contribution in [2.45, 2.75) is 38.2 Å². The fourth-order valence-corrected chi connectivity index (χ4v) is 6.99. The molecular formula is C58H46N2. The first-order valence-electron chi connectivity index (χ1n) is 40.3. The normalized spacial score (nSPS) is 26.0. The lowest BCUT2D eigenvalue weighted by molar-refractivity contribution is 0.632. The second-order valence-electron chi connectivity index (χ2n) is 13.0. The Bertz CT molecular complexity index is 5460. The smallest absolute Gasteiger partial charge is 0.0651 e. The molecule has 0 bridgehead atoms. The summed E-state index contributed by atoms with van der Waals surface area (Å²) in [6.07, 6.45) is 0. The summed E-state index contributed by atoms with van der Waals surface area (Å²) in [5.74, 6) is 0. The lowest BCUT2D eigenvalue weighted by Gasteiger charge is -2.43. The van der Waals surface area contributed by atoms with Gasteiger partial charge in [-0.2, -0.15) is 0 Å². The van der Waals surface area contributed by atoms with Gasteiger partial charge in [-0.15, -0.1) is 0 Å². The van der Waals surface area contributed by atoms with E-state index >= 15 is 0 Å². The van der Waals surface area contributed by atoms with Crippen LogP contribution >= 0.6 is 0 Å². The first-order valence-corrected chi connectivity index (χ1v) is 17.3. The summed E-state index contributed by atoms with van der Waals surface area (Å²) in [6.45, 7) is -17.3. The van der Waals surface area contributed by atoms with Gasteiger partial charge in [-0.05, 0) is 110 Å². The SMILES string of the molecule is [2H]c1c([2H])c([2H])c(-c2c([2H])c([2H])c3c([2H])c([2H])c([2H])c([2H])c3c2N2c3c([2H])c([2H])c([2H])c([2H])c3C(C([2H])([2H])[2H])(C([2H])([2H])[2H])c3c([2H])c(-c4c([2H])c([2H])c([2H])c(N(c5c([2H])c([2H])c([2H])c([2H])c5[2H])c5c([2H])c([2H])c6c(c5[2H])C(C([2H])([2H])[2H])(C([2H])([2H])[2H])c5c([2H])c([2H])c([2H])c([2H])c5-6)c4[2H])c([2H])c([2H])c32)c([2H])c1[2H]. The minimum atomic E-state index is -4.50. The van der Waals surface area contributed by atoms with E-state index in [1.807, 2.05) is 0 Å². The molecule has 0 atom stereocenters. The molecule has 60 heavy (non-hydrogen) atoms. The Morgan fingerprint density at radius 1 is 0.400 bits per heavy atom. The summed E-state index contributed by atoms with van der Waals surface area (Å²) in [7, 11) is 0. The third-order valence-electron chi connectivity index (χ3n) is 9.61. The van der Waals surface area contributed by atoms with Gasteiger partial charge in [-0.1, -0.05) is 178 Å². The van der Waals surface area contributed by atoms with Crippen LogP contribution in [0, 0.1) is 0 Å². The molecule has 0 aromatic heterocycles. The molecule has 0 saturated carbocycles. The van der Waals surface area contributed by atoms with Crippen LogP contribution < -0.4 is 9.80 Å². The number of rotatable bonds is 6. The van der Waals surface area contributed by atoms with Gasteiger partial charge in [0.25, 0.3) is 0 Å². The van der Waals surface area contributed by atoms with Gasteiger partial charge in [0, 0.05) is 55.3 Å². The molecule has 0 amide bonds. The Kier molecular flexibility index (Phi) is 2.74. The standard InChI is InChI=1S/C58H46N2/c1-57(2)50-27-14-13-26-48(50)49-34-32-45(38-52(49)57)59(43-22-9-6-10-23-43)44-24-17-21-41(36-44)42-31-35-55-53(37-42)58(3,4)51-28-15-16-29-54(51)60(55)56-46-25-12-11-20-40(46)30-33-47(56)39-18-7-5-8-19-39/h5-38H,1-4H3/i1D3,2D3,3D3,4D3,5D,6D,7D,8D,9D,10D,11D,12D,13D,14D,15D,16D,17D,18D,19D,20D,21D,22D,23D,24D,25D,26D,27D,28D,29D,30D,31D,32D,33D,34D,35D,36D,37D,38D. The van der Waals surface area contributed by atoms with E-state index in [1.165, 1.54) is 0 Å². The summed E-state index contributed by atoms with van der Waals surface area (Å²) >= 11 is 0. The van der Waals surface area contributed by atoms with Gasteiger partial charge < -0.3 is 9.80 Å². The van der Waals surface area contributed by atoms with Crippen LogP contribution in [-0.4, -0.2) is 0 Å².